The summed E-state index contributed by atoms with van der Waals surface area (Å²) in [7, 11) is 0. The number of aromatic nitrogens is 1. The first-order valence-electron chi connectivity index (χ1n) is 9.12. The average Bonchev–Trinajstić information content (AvgIpc) is 3.16. The van der Waals surface area contributed by atoms with Crippen LogP contribution in [0.3, 0.4) is 0 Å². The first kappa shape index (κ1) is 18.2. The van der Waals surface area contributed by atoms with E-state index >= 15 is 0 Å². The fourth-order valence-electron chi connectivity index (χ4n) is 3.82. The fraction of sp³-hybridized carbons (Fsp3) is 0.273. The maximum atomic E-state index is 9.61. The smallest absolute Gasteiger partial charge is 0.134 e. The minimum absolute atomic E-state index is 0.784. The molecule has 5 heteroatoms. The van der Waals surface area contributed by atoms with Gasteiger partial charge in [0.2, 0.25) is 0 Å². The summed E-state index contributed by atoms with van der Waals surface area (Å²) in [5, 5.41) is 10.5. The van der Waals surface area contributed by atoms with Gasteiger partial charge in [0.25, 0.3) is 0 Å². The molecule has 3 aromatic rings. The highest BCUT2D eigenvalue weighted by molar-refractivity contribution is 9.10. The van der Waals surface area contributed by atoms with E-state index in [1.807, 2.05) is 18.3 Å². The molecule has 0 saturated heterocycles. The molecule has 0 aliphatic heterocycles. The molecule has 136 valence electrons. The van der Waals surface area contributed by atoms with Crippen LogP contribution in [0.2, 0.25) is 0 Å². The van der Waals surface area contributed by atoms with Gasteiger partial charge in [0.1, 0.15) is 11.1 Å². The number of nitriles is 1. The highest BCUT2D eigenvalue weighted by Crippen LogP contribution is 2.39. The zero-order chi connectivity index (χ0) is 19.0. The van der Waals surface area contributed by atoms with Crippen molar-refractivity contribution in [3.63, 3.8) is 0 Å². The number of halogens is 1. The number of aliphatic imine (C=N–C) groups is 1. The highest BCUT2D eigenvalue weighted by atomic mass is 79.9. The maximum Gasteiger partial charge on any atom is 0.134 e. The van der Waals surface area contributed by atoms with Crippen LogP contribution in [0, 0.1) is 25.2 Å². The quantitative estimate of drug-likeness (QED) is 0.435. The Kier molecular flexibility index (Phi) is 5.03. The molecule has 1 aromatic carbocycles. The molecule has 0 N–H and O–H groups in total. The first-order chi connectivity index (χ1) is 13.1. The molecular formula is C22H20BrN3S. The van der Waals surface area contributed by atoms with Gasteiger partial charge in [0, 0.05) is 38.2 Å². The topological polar surface area (TPSA) is 41.1 Å². The maximum absolute atomic E-state index is 9.61. The third kappa shape index (κ3) is 3.40. The predicted molar refractivity (Wildman–Crippen MR) is 116 cm³/mol. The number of hydrogen-bond donors (Lipinski definition) is 0. The largest absolute Gasteiger partial charge is 0.318 e. The van der Waals surface area contributed by atoms with Crippen LogP contribution in [0.25, 0.3) is 5.69 Å². The summed E-state index contributed by atoms with van der Waals surface area (Å²) in [6.07, 6.45) is 6.41. The van der Waals surface area contributed by atoms with E-state index in [0.717, 1.165) is 50.5 Å². The number of thiophene rings is 1. The lowest BCUT2D eigenvalue weighted by molar-refractivity contribution is 0.696. The van der Waals surface area contributed by atoms with E-state index in [4.69, 9.17) is 4.99 Å². The van der Waals surface area contributed by atoms with Crippen molar-refractivity contribution in [1.29, 1.82) is 5.26 Å². The Morgan fingerprint density at radius 3 is 2.81 bits per heavy atom. The van der Waals surface area contributed by atoms with Gasteiger partial charge < -0.3 is 4.57 Å². The number of nitrogens with zero attached hydrogens (tertiary/aromatic N) is 3. The predicted octanol–water partition coefficient (Wildman–Crippen LogP) is 6.42. The second-order valence-electron chi connectivity index (χ2n) is 6.90. The van der Waals surface area contributed by atoms with E-state index in [1.165, 1.54) is 23.3 Å². The third-order valence-electron chi connectivity index (χ3n) is 5.12. The van der Waals surface area contributed by atoms with Crippen molar-refractivity contribution >= 4 is 38.5 Å². The molecule has 0 saturated carbocycles. The average molecular weight is 438 g/mol. The summed E-state index contributed by atoms with van der Waals surface area (Å²) in [4.78, 5) is 6.08. The van der Waals surface area contributed by atoms with E-state index in [1.54, 1.807) is 11.3 Å². The zero-order valence-electron chi connectivity index (χ0n) is 15.4. The second kappa shape index (κ2) is 7.46. The summed E-state index contributed by atoms with van der Waals surface area (Å²) in [5.41, 5.74) is 6.55. The van der Waals surface area contributed by atoms with Crippen LogP contribution in [-0.4, -0.2) is 10.8 Å². The Balaban J connectivity index is 1.71. The molecule has 0 fully saturated rings. The summed E-state index contributed by atoms with van der Waals surface area (Å²) in [5.74, 6) is 0. The van der Waals surface area contributed by atoms with Crippen molar-refractivity contribution < 1.29 is 0 Å². The van der Waals surface area contributed by atoms with Gasteiger partial charge in [-0.25, -0.2) is 4.99 Å². The number of rotatable bonds is 3. The van der Waals surface area contributed by atoms with Gasteiger partial charge in [-0.05, 0) is 69.4 Å². The molecule has 2 aromatic heterocycles. The second-order valence-corrected chi connectivity index (χ2v) is 8.90. The van der Waals surface area contributed by atoms with Crippen molar-refractivity contribution in [2.24, 2.45) is 4.99 Å². The lowest BCUT2D eigenvalue weighted by atomic mass is 9.96. The third-order valence-corrected chi connectivity index (χ3v) is 6.82. The number of hydrogen-bond acceptors (Lipinski definition) is 3. The lowest BCUT2D eigenvalue weighted by Gasteiger charge is -2.09. The van der Waals surface area contributed by atoms with Gasteiger partial charge in [-0.1, -0.05) is 22.0 Å². The van der Waals surface area contributed by atoms with Gasteiger partial charge in [-0.2, -0.15) is 5.26 Å². The van der Waals surface area contributed by atoms with Crippen molar-refractivity contribution in [3.8, 4) is 11.8 Å². The van der Waals surface area contributed by atoms with E-state index in [0.29, 0.717) is 0 Å². The van der Waals surface area contributed by atoms with Gasteiger partial charge in [-0.3, -0.25) is 0 Å². The van der Waals surface area contributed by atoms with Crippen LogP contribution in [0.5, 0.6) is 0 Å². The van der Waals surface area contributed by atoms with Crippen LogP contribution in [-0.2, 0) is 12.8 Å². The van der Waals surface area contributed by atoms with E-state index in [-0.39, 0.29) is 0 Å². The lowest BCUT2D eigenvalue weighted by Crippen LogP contribution is -1.99. The highest BCUT2D eigenvalue weighted by Gasteiger charge is 2.20. The van der Waals surface area contributed by atoms with Crippen LogP contribution >= 0.6 is 27.3 Å². The standard InChI is InChI=1S/C22H20BrN3S/c1-14-10-16(15(2)26(14)18-7-5-6-17(23)11-18)13-25-22-20(12-24)19-8-3-4-9-21(19)27-22/h5-7,10-11,13H,3-4,8-9H2,1-2H3. The van der Waals surface area contributed by atoms with Gasteiger partial charge in [-0.15, -0.1) is 11.3 Å². The summed E-state index contributed by atoms with van der Waals surface area (Å²) in [6.45, 7) is 4.22. The molecule has 0 amide bonds. The summed E-state index contributed by atoms with van der Waals surface area (Å²) >= 11 is 5.24. The Labute approximate surface area is 172 Å². The molecule has 2 heterocycles. The van der Waals surface area contributed by atoms with Gasteiger partial charge in [0.15, 0.2) is 0 Å². The van der Waals surface area contributed by atoms with Crippen molar-refractivity contribution in [2.45, 2.75) is 39.5 Å². The minimum atomic E-state index is 0.784. The SMILES string of the molecule is Cc1cc(C=Nc2sc3c(c2C#N)CCCC3)c(C)n1-c1cccc(Br)c1. The van der Waals surface area contributed by atoms with Gasteiger partial charge in [0.05, 0.1) is 5.56 Å². The Morgan fingerprint density at radius 1 is 1.22 bits per heavy atom. The van der Waals surface area contributed by atoms with Gasteiger partial charge >= 0.3 is 0 Å². The molecule has 1 aliphatic rings. The van der Waals surface area contributed by atoms with Crippen LogP contribution in [0.15, 0.2) is 39.8 Å². The molecule has 27 heavy (non-hydrogen) atoms. The van der Waals surface area contributed by atoms with Crippen molar-refractivity contribution in [3.05, 3.63) is 67.8 Å². The number of fused-ring (bicyclic) bond motifs is 1. The number of aryl methyl sites for hydroxylation is 2. The van der Waals surface area contributed by atoms with Crippen molar-refractivity contribution in [2.75, 3.05) is 0 Å². The van der Waals surface area contributed by atoms with E-state index < -0.39 is 0 Å². The van der Waals surface area contributed by atoms with Crippen molar-refractivity contribution in [1.82, 2.24) is 4.57 Å². The Bertz CT molecular complexity index is 1080. The molecule has 0 radical (unpaired) electrons. The molecule has 0 spiro atoms. The zero-order valence-corrected chi connectivity index (χ0v) is 17.8. The summed E-state index contributed by atoms with van der Waals surface area (Å²) < 4.78 is 3.29. The molecule has 4 rings (SSSR count). The molecule has 0 unspecified atom stereocenters. The molecule has 1 aliphatic carbocycles. The molecule has 3 nitrogen and oxygen atoms in total. The Morgan fingerprint density at radius 2 is 2.04 bits per heavy atom. The van der Waals surface area contributed by atoms with Crippen LogP contribution < -0.4 is 0 Å². The molecular weight excluding hydrogens is 418 g/mol. The van der Waals surface area contributed by atoms with Crippen LogP contribution in [0.4, 0.5) is 5.00 Å². The number of benzene rings is 1. The first-order valence-corrected chi connectivity index (χ1v) is 10.7. The van der Waals surface area contributed by atoms with E-state index in [9.17, 15) is 5.26 Å². The Hall–Kier alpha value is -2.16. The van der Waals surface area contributed by atoms with E-state index in [2.05, 4.69) is 58.6 Å². The molecule has 0 bridgehead atoms. The fourth-order valence-corrected chi connectivity index (χ4v) is 5.39. The monoisotopic (exact) mass is 437 g/mol. The normalized spacial score (nSPS) is 13.7. The minimum Gasteiger partial charge on any atom is -0.318 e. The van der Waals surface area contributed by atoms with Crippen LogP contribution in [0.1, 0.15) is 45.8 Å². The summed E-state index contributed by atoms with van der Waals surface area (Å²) in [6, 6.07) is 12.8. The molecule has 0 atom stereocenters.